The molecule has 1 saturated heterocycles. The van der Waals surface area contributed by atoms with Gasteiger partial charge >= 0.3 is 0 Å². The Morgan fingerprint density at radius 1 is 1.46 bits per heavy atom. The Hall–Kier alpha value is -0.940. The van der Waals surface area contributed by atoms with Crippen molar-refractivity contribution >= 4 is 40.0 Å². The van der Waals surface area contributed by atoms with E-state index in [0.29, 0.717) is 19.0 Å². The third-order valence-corrected chi connectivity index (χ3v) is 5.26. The molecule has 0 saturated carbocycles. The highest BCUT2D eigenvalue weighted by Gasteiger charge is 2.19. The second kappa shape index (κ2) is 10.1. The Labute approximate surface area is 161 Å². The van der Waals surface area contributed by atoms with Crippen molar-refractivity contribution in [1.82, 2.24) is 19.9 Å². The maximum absolute atomic E-state index is 12.1. The van der Waals surface area contributed by atoms with Gasteiger partial charge in [-0.3, -0.25) is 9.98 Å². The fourth-order valence-corrected chi connectivity index (χ4v) is 3.66. The molecule has 0 aromatic carbocycles. The van der Waals surface area contributed by atoms with Crippen molar-refractivity contribution in [3.63, 3.8) is 0 Å². The first-order valence-corrected chi connectivity index (χ1v) is 9.36. The van der Waals surface area contributed by atoms with E-state index in [1.54, 1.807) is 19.3 Å². The summed E-state index contributed by atoms with van der Waals surface area (Å²) in [5, 5.41) is 3.22. The molecule has 9 heteroatoms. The van der Waals surface area contributed by atoms with Crippen LogP contribution in [-0.2, 0) is 10.0 Å². The van der Waals surface area contributed by atoms with Gasteiger partial charge in [-0.1, -0.05) is 6.92 Å². The maximum Gasteiger partial charge on any atom is 0.242 e. The molecule has 1 aliphatic heterocycles. The van der Waals surface area contributed by atoms with Crippen LogP contribution >= 0.6 is 24.0 Å². The van der Waals surface area contributed by atoms with E-state index >= 15 is 0 Å². The number of aromatic nitrogens is 1. The third-order valence-electron chi connectivity index (χ3n) is 3.81. The SMILES string of the molecule is CN=C(NCCNS(=O)(=O)c1cccnc1)N1CCCC(C)C1.I. The van der Waals surface area contributed by atoms with Gasteiger partial charge in [-0.25, -0.2) is 13.1 Å². The molecule has 0 spiro atoms. The monoisotopic (exact) mass is 467 g/mol. The number of sulfonamides is 1. The highest BCUT2D eigenvalue weighted by molar-refractivity contribution is 14.0. The standard InChI is InChI=1S/C15H25N5O2S.HI/c1-13-5-4-10-20(12-13)15(16-2)18-8-9-19-23(21,22)14-6-3-7-17-11-14;/h3,6-7,11,13,19H,4-5,8-10,12H2,1-2H3,(H,16,18);1H. The molecule has 0 bridgehead atoms. The molecule has 1 aromatic rings. The van der Waals surface area contributed by atoms with Gasteiger partial charge in [-0.2, -0.15) is 0 Å². The zero-order chi connectivity index (χ0) is 16.7. The predicted octanol–water partition coefficient (Wildman–Crippen LogP) is 1.29. The zero-order valence-electron chi connectivity index (χ0n) is 14.1. The number of halogens is 1. The quantitative estimate of drug-likeness (QED) is 0.295. The van der Waals surface area contributed by atoms with E-state index in [4.69, 9.17) is 0 Å². The van der Waals surface area contributed by atoms with Crippen molar-refractivity contribution in [2.75, 3.05) is 33.2 Å². The molecule has 2 N–H and O–H groups in total. The molecule has 2 heterocycles. The number of rotatable bonds is 5. The molecule has 0 amide bonds. The number of guanidine groups is 1. The lowest BCUT2D eigenvalue weighted by molar-refractivity contribution is 0.266. The van der Waals surface area contributed by atoms with Crippen molar-refractivity contribution < 1.29 is 8.42 Å². The van der Waals surface area contributed by atoms with E-state index in [0.717, 1.165) is 25.5 Å². The van der Waals surface area contributed by atoms with E-state index in [9.17, 15) is 8.42 Å². The molecular formula is C15H26IN5O2S. The number of nitrogens with zero attached hydrogens (tertiary/aromatic N) is 3. The van der Waals surface area contributed by atoms with Crippen LogP contribution < -0.4 is 10.0 Å². The summed E-state index contributed by atoms with van der Waals surface area (Å²) < 4.78 is 26.7. The molecule has 2 rings (SSSR count). The van der Waals surface area contributed by atoms with Crippen LogP contribution in [0.5, 0.6) is 0 Å². The summed E-state index contributed by atoms with van der Waals surface area (Å²) in [6.45, 7) is 4.99. The largest absolute Gasteiger partial charge is 0.355 e. The zero-order valence-corrected chi connectivity index (χ0v) is 17.3. The molecule has 1 unspecified atom stereocenters. The molecule has 24 heavy (non-hydrogen) atoms. The van der Waals surface area contributed by atoms with Gasteiger partial charge in [-0.05, 0) is 30.9 Å². The number of hydrogen-bond donors (Lipinski definition) is 2. The van der Waals surface area contributed by atoms with Crippen molar-refractivity contribution in [1.29, 1.82) is 0 Å². The Kier molecular flexibility index (Phi) is 8.92. The van der Waals surface area contributed by atoms with Crippen molar-refractivity contribution in [3.8, 4) is 0 Å². The first kappa shape index (κ1) is 21.1. The van der Waals surface area contributed by atoms with E-state index in [1.807, 2.05) is 0 Å². The summed E-state index contributed by atoms with van der Waals surface area (Å²) in [5.74, 6) is 1.49. The van der Waals surface area contributed by atoms with Gasteiger partial charge in [0.05, 0.1) is 0 Å². The van der Waals surface area contributed by atoms with Gasteiger partial charge in [0.25, 0.3) is 0 Å². The first-order valence-electron chi connectivity index (χ1n) is 7.88. The predicted molar refractivity (Wildman–Crippen MR) is 106 cm³/mol. The Morgan fingerprint density at radius 2 is 2.25 bits per heavy atom. The smallest absolute Gasteiger partial charge is 0.242 e. The molecule has 0 aliphatic carbocycles. The van der Waals surface area contributed by atoms with Gasteiger partial charge in [-0.15, -0.1) is 24.0 Å². The molecule has 1 fully saturated rings. The molecule has 1 atom stereocenters. The van der Waals surface area contributed by atoms with Crippen LogP contribution in [0.4, 0.5) is 0 Å². The Bertz CT molecular complexity index is 624. The minimum atomic E-state index is -3.50. The lowest BCUT2D eigenvalue weighted by atomic mass is 10.0. The molecular weight excluding hydrogens is 441 g/mol. The second-order valence-corrected chi connectivity index (χ2v) is 7.52. The fourth-order valence-electron chi connectivity index (χ4n) is 2.66. The lowest BCUT2D eigenvalue weighted by Crippen LogP contribution is -2.47. The number of likely N-dealkylation sites (tertiary alicyclic amines) is 1. The topological polar surface area (TPSA) is 86.7 Å². The summed E-state index contributed by atoms with van der Waals surface area (Å²) in [6.07, 6.45) is 5.29. The van der Waals surface area contributed by atoms with Gasteiger partial charge in [0.1, 0.15) is 4.90 Å². The lowest BCUT2D eigenvalue weighted by Gasteiger charge is -2.33. The van der Waals surface area contributed by atoms with Crippen molar-refractivity contribution in [2.45, 2.75) is 24.7 Å². The van der Waals surface area contributed by atoms with E-state index in [-0.39, 0.29) is 28.9 Å². The summed E-state index contributed by atoms with van der Waals surface area (Å²) in [5.41, 5.74) is 0. The van der Waals surface area contributed by atoms with Gasteiger partial charge in [0, 0.05) is 45.6 Å². The first-order chi connectivity index (χ1) is 11.0. The van der Waals surface area contributed by atoms with Crippen LogP contribution in [0.15, 0.2) is 34.4 Å². The average Bonchev–Trinajstić information content (AvgIpc) is 2.56. The average molecular weight is 467 g/mol. The van der Waals surface area contributed by atoms with Crippen molar-refractivity contribution in [3.05, 3.63) is 24.5 Å². The van der Waals surface area contributed by atoms with Gasteiger partial charge in [0.2, 0.25) is 10.0 Å². The number of aliphatic imine (C=N–C) groups is 1. The van der Waals surface area contributed by atoms with Gasteiger partial charge in [0.15, 0.2) is 5.96 Å². The number of nitrogens with one attached hydrogen (secondary N) is 2. The van der Waals surface area contributed by atoms with Crippen LogP contribution in [0.25, 0.3) is 0 Å². The van der Waals surface area contributed by atoms with Crippen LogP contribution in [0.3, 0.4) is 0 Å². The Balaban J connectivity index is 0.00000288. The normalized spacial score (nSPS) is 18.8. The fraction of sp³-hybridized carbons (Fsp3) is 0.600. The minimum Gasteiger partial charge on any atom is -0.355 e. The minimum absolute atomic E-state index is 0. The van der Waals surface area contributed by atoms with Crippen LogP contribution in [0.1, 0.15) is 19.8 Å². The van der Waals surface area contributed by atoms with Crippen LogP contribution in [-0.4, -0.2) is 57.5 Å². The molecule has 1 aliphatic rings. The summed E-state index contributed by atoms with van der Waals surface area (Å²) in [6, 6.07) is 3.13. The number of hydrogen-bond acceptors (Lipinski definition) is 4. The number of pyridine rings is 1. The second-order valence-electron chi connectivity index (χ2n) is 5.75. The molecule has 1 aromatic heterocycles. The highest BCUT2D eigenvalue weighted by Crippen LogP contribution is 2.15. The highest BCUT2D eigenvalue weighted by atomic mass is 127. The van der Waals surface area contributed by atoms with Crippen molar-refractivity contribution in [2.24, 2.45) is 10.9 Å². The molecule has 7 nitrogen and oxygen atoms in total. The summed E-state index contributed by atoms with van der Waals surface area (Å²) >= 11 is 0. The number of piperidine rings is 1. The summed E-state index contributed by atoms with van der Waals surface area (Å²) in [7, 11) is -1.75. The summed E-state index contributed by atoms with van der Waals surface area (Å²) in [4.78, 5) is 10.5. The van der Waals surface area contributed by atoms with E-state index in [2.05, 4.69) is 31.8 Å². The third kappa shape index (κ3) is 6.17. The Morgan fingerprint density at radius 3 is 2.88 bits per heavy atom. The van der Waals surface area contributed by atoms with Crippen LogP contribution in [0, 0.1) is 5.92 Å². The molecule has 0 radical (unpaired) electrons. The van der Waals surface area contributed by atoms with Gasteiger partial charge < -0.3 is 10.2 Å². The van der Waals surface area contributed by atoms with E-state index in [1.165, 1.54) is 18.7 Å². The van der Waals surface area contributed by atoms with Crippen LogP contribution in [0.2, 0.25) is 0 Å². The van der Waals surface area contributed by atoms with E-state index < -0.39 is 10.0 Å². The maximum atomic E-state index is 12.1. The molecule has 136 valence electrons.